The molecule has 0 bridgehead atoms. The standard InChI is InChI=1S/C17H12FN3O/c18-14-6-3-5-13-16(14)20-10-21-17(13)19-9-12-8-11-4-1-2-7-15(11)22-12/h1-8,10H,9H2,(H,19,20,21). The summed E-state index contributed by atoms with van der Waals surface area (Å²) in [6, 6.07) is 14.6. The van der Waals surface area contributed by atoms with Gasteiger partial charge < -0.3 is 9.73 Å². The van der Waals surface area contributed by atoms with Gasteiger partial charge in [0.25, 0.3) is 0 Å². The van der Waals surface area contributed by atoms with E-state index in [4.69, 9.17) is 4.42 Å². The number of para-hydroxylation sites is 2. The molecule has 108 valence electrons. The Hall–Kier alpha value is -2.95. The number of hydrogen-bond donors (Lipinski definition) is 1. The van der Waals surface area contributed by atoms with Crippen LogP contribution in [0.4, 0.5) is 10.2 Å². The molecule has 0 amide bonds. The van der Waals surface area contributed by atoms with Crippen LogP contribution in [-0.2, 0) is 6.54 Å². The SMILES string of the molecule is Fc1cccc2c(NCc3cc4ccccc4o3)ncnc12. The topological polar surface area (TPSA) is 51.0 Å². The lowest BCUT2D eigenvalue weighted by atomic mass is 10.2. The van der Waals surface area contributed by atoms with Gasteiger partial charge >= 0.3 is 0 Å². The van der Waals surface area contributed by atoms with Crippen LogP contribution in [0.3, 0.4) is 0 Å². The van der Waals surface area contributed by atoms with Gasteiger partial charge in [0.15, 0.2) is 0 Å². The first-order valence-electron chi connectivity index (χ1n) is 6.92. The highest BCUT2D eigenvalue weighted by Gasteiger charge is 2.08. The highest BCUT2D eigenvalue weighted by molar-refractivity contribution is 5.89. The molecule has 0 radical (unpaired) electrons. The molecule has 2 aromatic heterocycles. The molecule has 22 heavy (non-hydrogen) atoms. The highest BCUT2D eigenvalue weighted by atomic mass is 19.1. The van der Waals surface area contributed by atoms with Crippen molar-refractivity contribution in [2.75, 3.05) is 5.32 Å². The summed E-state index contributed by atoms with van der Waals surface area (Å²) in [5.41, 5.74) is 1.16. The molecule has 0 fully saturated rings. The average molecular weight is 293 g/mol. The summed E-state index contributed by atoms with van der Waals surface area (Å²) in [4.78, 5) is 8.17. The van der Waals surface area contributed by atoms with Gasteiger partial charge in [0, 0.05) is 10.8 Å². The number of anilines is 1. The minimum Gasteiger partial charge on any atom is -0.459 e. The van der Waals surface area contributed by atoms with Gasteiger partial charge in [0.1, 0.15) is 34.8 Å². The maximum atomic E-state index is 13.7. The van der Waals surface area contributed by atoms with Crippen LogP contribution in [-0.4, -0.2) is 9.97 Å². The molecule has 4 aromatic rings. The molecule has 0 saturated heterocycles. The summed E-state index contributed by atoms with van der Waals surface area (Å²) in [5, 5.41) is 4.89. The van der Waals surface area contributed by atoms with Crippen molar-refractivity contribution in [1.29, 1.82) is 0 Å². The number of halogens is 1. The second-order valence-corrected chi connectivity index (χ2v) is 4.96. The van der Waals surface area contributed by atoms with Gasteiger partial charge in [-0.2, -0.15) is 0 Å². The third-order valence-electron chi connectivity index (χ3n) is 3.52. The van der Waals surface area contributed by atoms with Crippen LogP contribution < -0.4 is 5.32 Å². The van der Waals surface area contributed by atoms with Crippen molar-refractivity contribution in [3.63, 3.8) is 0 Å². The number of aromatic nitrogens is 2. The number of hydrogen-bond acceptors (Lipinski definition) is 4. The first-order chi connectivity index (χ1) is 10.8. The molecule has 4 nitrogen and oxygen atoms in total. The van der Waals surface area contributed by atoms with Gasteiger partial charge in [-0.1, -0.05) is 24.3 Å². The van der Waals surface area contributed by atoms with Crippen molar-refractivity contribution in [3.05, 3.63) is 66.4 Å². The van der Waals surface area contributed by atoms with E-state index in [9.17, 15) is 4.39 Å². The minimum atomic E-state index is -0.355. The van der Waals surface area contributed by atoms with Crippen molar-refractivity contribution in [3.8, 4) is 0 Å². The number of furan rings is 1. The van der Waals surface area contributed by atoms with Crippen LogP contribution >= 0.6 is 0 Å². The minimum absolute atomic E-state index is 0.310. The molecule has 0 saturated carbocycles. The molecule has 2 heterocycles. The number of nitrogens with one attached hydrogen (secondary N) is 1. The predicted octanol–water partition coefficient (Wildman–Crippen LogP) is 4.13. The molecule has 0 aliphatic rings. The van der Waals surface area contributed by atoms with Crippen molar-refractivity contribution in [1.82, 2.24) is 9.97 Å². The highest BCUT2D eigenvalue weighted by Crippen LogP contribution is 2.23. The second kappa shape index (κ2) is 5.11. The van der Waals surface area contributed by atoms with E-state index in [-0.39, 0.29) is 5.82 Å². The zero-order chi connectivity index (χ0) is 14.9. The van der Waals surface area contributed by atoms with Crippen LogP contribution in [0.1, 0.15) is 5.76 Å². The van der Waals surface area contributed by atoms with Gasteiger partial charge in [-0.3, -0.25) is 0 Å². The fourth-order valence-corrected chi connectivity index (χ4v) is 2.49. The van der Waals surface area contributed by atoms with Crippen molar-refractivity contribution < 1.29 is 8.81 Å². The monoisotopic (exact) mass is 293 g/mol. The van der Waals surface area contributed by atoms with E-state index in [1.807, 2.05) is 30.3 Å². The Morgan fingerprint density at radius 3 is 2.86 bits per heavy atom. The fraction of sp³-hybridized carbons (Fsp3) is 0.0588. The summed E-state index contributed by atoms with van der Waals surface area (Å²) in [5.74, 6) is 1.03. The Kier molecular flexibility index (Phi) is 2.96. The quantitative estimate of drug-likeness (QED) is 0.617. The zero-order valence-electron chi connectivity index (χ0n) is 11.6. The van der Waals surface area contributed by atoms with Crippen molar-refractivity contribution in [2.45, 2.75) is 6.54 Å². The molecular weight excluding hydrogens is 281 g/mol. The fourth-order valence-electron chi connectivity index (χ4n) is 2.49. The normalized spacial score (nSPS) is 11.1. The third kappa shape index (κ3) is 2.16. The Morgan fingerprint density at radius 2 is 1.95 bits per heavy atom. The molecule has 5 heteroatoms. The van der Waals surface area contributed by atoms with E-state index < -0.39 is 0 Å². The molecule has 0 unspecified atom stereocenters. The number of nitrogens with zero attached hydrogens (tertiary/aromatic N) is 2. The number of benzene rings is 2. The second-order valence-electron chi connectivity index (χ2n) is 4.96. The number of fused-ring (bicyclic) bond motifs is 2. The largest absolute Gasteiger partial charge is 0.459 e. The Labute approximate surface area is 125 Å². The summed E-state index contributed by atoms with van der Waals surface area (Å²) < 4.78 is 19.5. The first kappa shape index (κ1) is 12.8. The van der Waals surface area contributed by atoms with Gasteiger partial charge in [0.2, 0.25) is 0 Å². The zero-order valence-corrected chi connectivity index (χ0v) is 11.6. The van der Waals surface area contributed by atoms with Gasteiger partial charge in [-0.15, -0.1) is 0 Å². The van der Waals surface area contributed by atoms with Crippen LogP contribution in [0.25, 0.3) is 21.9 Å². The van der Waals surface area contributed by atoms with E-state index >= 15 is 0 Å². The molecule has 0 spiro atoms. The summed E-state index contributed by atoms with van der Waals surface area (Å²) >= 11 is 0. The molecule has 2 aromatic carbocycles. The molecule has 0 atom stereocenters. The van der Waals surface area contributed by atoms with Gasteiger partial charge in [0.05, 0.1) is 6.54 Å². The van der Waals surface area contributed by atoms with Gasteiger partial charge in [-0.05, 0) is 24.3 Å². The average Bonchev–Trinajstić information content (AvgIpc) is 2.96. The number of rotatable bonds is 3. The smallest absolute Gasteiger partial charge is 0.149 e. The lowest BCUT2D eigenvalue weighted by Crippen LogP contribution is -2.02. The van der Waals surface area contributed by atoms with Crippen LogP contribution in [0, 0.1) is 5.82 Å². The molecule has 4 rings (SSSR count). The Bertz CT molecular complexity index is 931. The van der Waals surface area contributed by atoms with Crippen molar-refractivity contribution >= 4 is 27.7 Å². The first-order valence-corrected chi connectivity index (χ1v) is 6.92. The van der Waals surface area contributed by atoms with Gasteiger partial charge in [-0.25, -0.2) is 14.4 Å². The maximum Gasteiger partial charge on any atom is 0.149 e. The summed E-state index contributed by atoms with van der Waals surface area (Å²) in [6.45, 7) is 0.470. The molecule has 0 aliphatic heterocycles. The molecule has 0 aliphatic carbocycles. The molecule has 1 N–H and O–H groups in total. The van der Waals surface area contributed by atoms with E-state index in [1.165, 1.54) is 12.4 Å². The summed E-state index contributed by atoms with van der Waals surface area (Å²) in [7, 11) is 0. The molecular formula is C17H12FN3O. The van der Waals surface area contributed by atoms with Crippen LogP contribution in [0.15, 0.2) is 59.3 Å². The van der Waals surface area contributed by atoms with E-state index in [0.29, 0.717) is 23.3 Å². The van der Waals surface area contributed by atoms with Crippen LogP contribution in [0.5, 0.6) is 0 Å². The predicted molar refractivity (Wildman–Crippen MR) is 83.0 cm³/mol. The van der Waals surface area contributed by atoms with E-state index in [1.54, 1.807) is 12.1 Å². The lowest BCUT2D eigenvalue weighted by Gasteiger charge is -2.06. The maximum absolute atomic E-state index is 13.7. The Balaban J connectivity index is 1.65. The van der Waals surface area contributed by atoms with E-state index in [2.05, 4.69) is 15.3 Å². The van der Waals surface area contributed by atoms with Crippen molar-refractivity contribution in [2.24, 2.45) is 0 Å². The Morgan fingerprint density at radius 1 is 1.05 bits per heavy atom. The van der Waals surface area contributed by atoms with E-state index in [0.717, 1.165) is 16.7 Å². The summed E-state index contributed by atoms with van der Waals surface area (Å²) in [6.07, 6.45) is 1.35. The third-order valence-corrected chi connectivity index (χ3v) is 3.52. The van der Waals surface area contributed by atoms with Crippen LogP contribution in [0.2, 0.25) is 0 Å². The lowest BCUT2D eigenvalue weighted by molar-refractivity contribution is 0.559.